The molecule has 2 amide bonds. The van der Waals surface area contributed by atoms with Crippen LogP contribution in [0.15, 0.2) is 82.4 Å². The number of nitriles is 1. The maximum absolute atomic E-state index is 13.7. The summed E-state index contributed by atoms with van der Waals surface area (Å²) in [6.45, 7) is 3.87. The third kappa shape index (κ3) is 6.63. The standard InChI is InChI=1S/C32H31N5O7S/c1-22-28(31(39)36(32(40)29(22)20-33)12-7-15-44-23(2)38)19-25-21-37(26-9-4-3-5-10-26)34-30(25)24-8-6-11-27(18-24)45(41,42)35-13-16-43-17-14-35/h3-6,8-11,18-19,21H,7,12-17H2,1-2H3/b28-19+. The van der Waals surface area contributed by atoms with E-state index in [0.29, 0.717) is 30.0 Å². The fourth-order valence-electron chi connectivity index (χ4n) is 5.10. The second-order valence-electron chi connectivity index (χ2n) is 10.4. The molecule has 0 spiro atoms. The number of carbonyl (C=O) groups is 3. The molecule has 5 rings (SSSR count). The van der Waals surface area contributed by atoms with Crippen LogP contribution in [-0.2, 0) is 33.9 Å². The van der Waals surface area contributed by atoms with Crippen molar-refractivity contribution in [2.75, 3.05) is 39.5 Å². The van der Waals surface area contributed by atoms with Crippen LogP contribution in [0.1, 0.15) is 25.8 Å². The number of morpholine rings is 1. The van der Waals surface area contributed by atoms with Crippen LogP contribution in [0.2, 0.25) is 0 Å². The normalized spacial score (nSPS) is 17.1. The first-order valence-electron chi connectivity index (χ1n) is 14.3. The maximum Gasteiger partial charge on any atom is 0.302 e. The zero-order valence-corrected chi connectivity index (χ0v) is 25.6. The zero-order chi connectivity index (χ0) is 32.1. The van der Waals surface area contributed by atoms with E-state index >= 15 is 0 Å². The summed E-state index contributed by atoms with van der Waals surface area (Å²) in [5, 5.41) is 14.6. The summed E-state index contributed by atoms with van der Waals surface area (Å²) >= 11 is 0. The summed E-state index contributed by atoms with van der Waals surface area (Å²) in [6, 6.07) is 17.6. The van der Waals surface area contributed by atoms with Gasteiger partial charge in [-0.2, -0.15) is 14.7 Å². The second-order valence-corrected chi connectivity index (χ2v) is 12.3. The lowest BCUT2D eigenvalue weighted by molar-refractivity contribution is -0.141. The Morgan fingerprint density at radius 1 is 1.09 bits per heavy atom. The van der Waals surface area contributed by atoms with E-state index in [4.69, 9.17) is 14.6 Å². The van der Waals surface area contributed by atoms with Crippen LogP contribution in [0, 0.1) is 11.3 Å². The van der Waals surface area contributed by atoms with Crippen molar-refractivity contribution < 1.29 is 32.3 Å². The molecule has 13 heteroatoms. The molecule has 3 heterocycles. The Balaban J connectivity index is 1.60. The highest BCUT2D eigenvalue weighted by atomic mass is 32.2. The van der Waals surface area contributed by atoms with Gasteiger partial charge in [0.1, 0.15) is 17.3 Å². The lowest BCUT2D eigenvalue weighted by Crippen LogP contribution is -2.43. The summed E-state index contributed by atoms with van der Waals surface area (Å²) in [6.07, 6.45) is 3.46. The van der Waals surface area contributed by atoms with Crippen molar-refractivity contribution in [2.45, 2.75) is 25.2 Å². The van der Waals surface area contributed by atoms with Crippen molar-refractivity contribution in [3.63, 3.8) is 0 Å². The molecule has 12 nitrogen and oxygen atoms in total. The van der Waals surface area contributed by atoms with Gasteiger partial charge in [-0.05, 0) is 49.3 Å². The lowest BCUT2D eigenvalue weighted by Gasteiger charge is -2.27. The SMILES string of the molecule is CC(=O)OCCCN1C(=O)C(C#N)=C(C)/C(=C\c2cn(-c3ccccc3)nc2-c2cccc(S(=O)(=O)N3CCOCC3)c2)C1=O. The van der Waals surface area contributed by atoms with Gasteiger partial charge in [0, 0.05) is 49.5 Å². The Kier molecular flexibility index (Phi) is 9.38. The van der Waals surface area contributed by atoms with E-state index in [0.717, 1.165) is 10.6 Å². The molecule has 0 radical (unpaired) electrons. The molecular formula is C32H31N5O7S. The predicted octanol–water partition coefficient (Wildman–Crippen LogP) is 3.11. The molecule has 0 atom stereocenters. The quantitative estimate of drug-likeness (QED) is 0.150. The Morgan fingerprint density at radius 2 is 1.82 bits per heavy atom. The highest BCUT2D eigenvalue weighted by Crippen LogP contribution is 2.32. The topological polar surface area (TPSA) is 152 Å². The van der Waals surface area contributed by atoms with Crippen molar-refractivity contribution >= 4 is 33.9 Å². The third-order valence-corrected chi connectivity index (χ3v) is 9.33. The Hall–Kier alpha value is -4.90. The number of hydrogen-bond donors (Lipinski definition) is 0. The number of nitrogens with zero attached hydrogens (tertiary/aromatic N) is 5. The van der Waals surface area contributed by atoms with Crippen LogP contribution < -0.4 is 0 Å². The minimum atomic E-state index is -3.81. The minimum absolute atomic E-state index is 0.00766. The van der Waals surface area contributed by atoms with Crippen molar-refractivity contribution in [3.05, 3.63) is 83.1 Å². The molecule has 0 N–H and O–H groups in total. The first kappa shape index (κ1) is 31.5. The fourth-order valence-corrected chi connectivity index (χ4v) is 6.55. The molecule has 1 aromatic heterocycles. The Labute approximate surface area is 260 Å². The molecule has 2 aliphatic heterocycles. The Bertz CT molecular complexity index is 1850. The van der Waals surface area contributed by atoms with Gasteiger partial charge in [0.15, 0.2) is 0 Å². The lowest BCUT2D eigenvalue weighted by atomic mass is 9.93. The van der Waals surface area contributed by atoms with Gasteiger partial charge in [-0.3, -0.25) is 19.3 Å². The molecule has 0 aliphatic carbocycles. The number of benzene rings is 2. The van der Waals surface area contributed by atoms with E-state index in [1.807, 2.05) is 36.4 Å². The number of esters is 1. The molecule has 1 saturated heterocycles. The van der Waals surface area contributed by atoms with E-state index < -0.39 is 27.8 Å². The van der Waals surface area contributed by atoms with Crippen LogP contribution in [-0.4, -0.2) is 84.6 Å². The van der Waals surface area contributed by atoms with Crippen LogP contribution in [0.3, 0.4) is 0 Å². The van der Waals surface area contributed by atoms with E-state index in [1.54, 1.807) is 35.2 Å². The van der Waals surface area contributed by atoms with Gasteiger partial charge in [-0.15, -0.1) is 0 Å². The minimum Gasteiger partial charge on any atom is -0.466 e. The number of hydrogen-bond acceptors (Lipinski definition) is 9. The number of sulfonamides is 1. The number of ether oxygens (including phenoxy) is 2. The summed E-state index contributed by atoms with van der Waals surface area (Å²) in [5.41, 5.74) is 2.23. The molecule has 0 bridgehead atoms. The van der Waals surface area contributed by atoms with Crippen molar-refractivity contribution in [2.24, 2.45) is 0 Å². The number of amides is 2. The van der Waals surface area contributed by atoms with Crippen molar-refractivity contribution in [3.8, 4) is 23.0 Å². The van der Waals surface area contributed by atoms with E-state index in [1.165, 1.54) is 24.2 Å². The Morgan fingerprint density at radius 3 is 2.51 bits per heavy atom. The molecule has 45 heavy (non-hydrogen) atoms. The van der Waals surface area contributed by atoms with Crippen LogP contribution >= 0.6 is 0 Å². The van der Waals surface area contributed by atoms with Gasteiger partial charge in [0.05, 0.1) is 30.4 Å². The summed E-state index contributed by atoms with van der Waals surface area (Å²) < 4.78 is 40.2. The van der Waals surface area contributed by atoms with Gasteiger partial charge < -0.3 is 9.47 Å². The molecule has 2 aliphatic rings. The number of aromatic nitrogens is 2. The molecule has 3 aromatic rings. The monoisotopic (exact) mass is 629 g/mol. The van der Waals surface area contributed by atoms with Gasteiger partial charge in [0.25, 0.3) is 11.8 Å². The van der Waals surface area contributed by atoms with Gasteiger partial charge >= 0.3 is 5.97 Å². The number of imide groups is 1. The first-order valence-corrected chi connectivity index (χ1v) is 15.7. The smallest absolute Gasteiger partial charge is 0.302 e. The molecule has 232 valence electrons. The van der Waals surface area contributed by atoms with Gasteiger partial charge in [-0.1, -0.05) is 30.3 Å². The molecular weight excluding hydrogens is 598 g/mol. The maximum atomic E-state index is 13.7. The second kappa shape index (κ2) is 13.4. The summed E-state index contributed by atoms with van der Waals surface area (Å²) in [4.78, 5) is 39.0. The molecule has 0 unspecified atom stereocenters. The van der Waals surface area contributed by atoms with Crippen LogP contribution in [0.4, 0.5) is 0 Å². The highest BCUT2D eigenvalue weighted by Gasteiger charge is 2.35. The van der Waals surface area contributed by atoms with E-state index in [9.17, 15) is 28.1 Å². The van der Waals surface area contributed by atoms with Crippen LogP contribution in [0.5, 0.6) is 0 Å². The average molecular weight is 630 g/mol. The molecule has 2 aromatic carbocycles. The summed E-state index contributed by atoms with van der Waals surface area (Å²) in [7, 11) is -3.81. The van der Waals surface area contributed by atoms with Gasteiger partial charge in [0.2, 0.25) is 10.0 Å². The molecule has 0 saturated carbocycles. The summed E-state index contributed by atoms with van der Waals surface area (Å²) in [5.74, 6) is -1.81. The van der Waals surface area contributed by atoms with Gasteiger partial charge in [-0.25, -0.2) is 13.1 Å². The van der Waals surface area contributed by atoms with E-state index in [-0.39, 0.29) is 54.3 Å². The average Bonchev–Trinajstić information content (AvgIpc) is 3.48. The number of carbonyl (C=O) groups excluding carboxylic acids is 3. The largest absolute Gasteiger partial charge is 0.466 e. The van der Waals surface area contributed by atoms with Crippen molar-refractivity contribution in [1.29, 1.82) is 5.26 Å². The first-order chi connectivity index (χ1) is 21.6. The molecule has 1 fully saturated rings. The number of para-hydroxylation sites is 1. The van der Waals surface area contributed by atoms with Crippen LogP contribution in [0.25, 0.3) is 23.0 Å². The number of rotatable bonds is 9. The fraction of sp³-hybridized carbons (Fsp3) is 0.281. The van der Waals surface area contributed by atoms with Crippen molar-refractivity contribution in [1.82, 2.24) is 19.0 Å². The highest BCUT2D eigenvalue weighted by molar-refractivity contribution is 7.89. The third-order valence-electron chi connectivity index (χ3n) is 7.44. The zero-order valence-electron chi connectivity index (χ0n) is 24.8. The van der Waals surface area contributed by atoms with E-state index in [2.05, 4.69) is 0 Å². The predicted molar refractivity (Wildman–Crippen MR) is 163 cm³/mol.